The Morgan fingerprint density at radius 1 is 1.35 bits per heavy atom. The van der Waals surface area contributed by atoms with Crippen LogP contribution in [0.4, 0.5) is 9.18 Å². The molecule has 0 spiro atoms. The van der Waals surface area contributed by atoms with Crippen molar-refractivity contribution in [2.75, 3.05) is 13.1 Å². The zero-order valence-corrected chi connectivity index (χ0v) is 11.5. The number of amides is 1. The van der Waals surface area contributed by atoms with Crippen molar-refractivity contribution in [1.29, 1.82) is 0 Å². The maximum absolute atomic E-state index is 12.9. The minimum atomic E-state index is -0.802. The molecule has 3 unspecified atom stereocenters. The van der Waals surface area contributed by atoms with E-state index in [0.717, 1.165) is 24.9 Å². The molecule has 2 aliphatic heterocycles. The fourth-order valence-corrected chi connectivity index (χ4v) is 3.55. The SMILES string of the molecule is CC(Cc1ccc(F)cc1)N1CC2CC1CN2C(=O)O. The first-order valence-corrected chi connectivity index (χ1v) is 7.04. The Kier molecular flexibility index (Phi) is 3.38. The van der Waals surface area contributed by atoms with Gasteiger partial charge >= 0.3 is 6.09 Å². The van der Waals surface area contributed by atoms with E-state index < -0.39 is 6.09 Å². The molecule has 0 aliphatic carbocycles. The summed E-state index contributed by atoms with van der Waals surface area (Å²) in [5.41, 5.74) is 1.12. The fourth-order valence-electron chi connectivity index (χ4n) is 3.55. The second kappa shape index (κ2) is 5.05. The highest BCUT2D eigenvalue weighted by atomic mass is 19.1. The van der Waals surface area contributed by atoms with Gasteiger partial charge < -0.3 is 10.0 Å². The smallest absolute Gasteiger partial charge is 0.407 e. The minimum Gasteiger partial charge on any atom is -0.465 e. The van der Waals surface area contributed by atoms with Gasteiger partial charge in [-0.15, -0.1) is 0 Å². The van der Waals surface area contributed by atoms with Crippen LogP contribution in [0.15, 0.2) is 24.3 Å². The molecule has 1 amide bonds. The summed E-state index contributed by atoms with van der Waals surface area (Å²) < 4.78 is 12.9. The highest BCUT2D eigenvalue weighted by Crippen LogP contribution is 2.32. The molecular formula is C15H19FN2O2. The summed E-state index contributed by atoms with van der Waals surface area (Å²) in [6.07, 6.45) is 1.01. The lowest BCUT2D eigenvalue weighted by Gasteiger charge is -2.36. The zero-order chi connectivity index (χ0) is 14.3. The van der Waals surface area contributed by atoms with Gasteiger partial charge in [-0.05, 0) is 37.5 Å². The summed E-state index contributed by atoms with van der Waals surface area (Å²) in [6.45, 7) is 3.60. The summed E-state index contributed by atoms with van der Waals surface area (Å²) >= 11 is 0. The van der Waals surface area contributed by atoms with Crippen molar-refractivity contribution in [3.05, 3.63) is 35.6 Å². The number of carbonyl (C=O) groups is 1. The lowest BCUT2D eigenvalue weighted by Crippen LogP contribution is -2.51. The van der Waals surface area contributed by atoms with E-state index in [4.69, 9.17) is 5.11 Å². The highest BCUT2D eigenvalue weighted by Gasteiger charge is 2.46. The van der Waals surface area contributed by atoms with Crippen LogP contribution in [0.1, 0.15) is 18.9 Å². The van der Waals surface area contributed by atoms with Crippen LogP contribution in [0.3, 0.4) is 0 Å². The van der Waals surface area contributed by atoms with E-state index in [0.29, 0.717) is 18.6 Å². The number of benzene rings is 1. The molecule has 1 N–H and O–H groups in total. The highest BCUT2D eigenvalue weighted by molar-refractivity contribution is 5.66. The third-order valence-corrected chi connectivity index (χ3v) is 4.54. The molecule has 20 heavy (non-hydrogen) atoms. The molecule has 2 bridgehead atoms. The Hall–Kier alpha value is -1.62. The quantitative estimate of drug-likeness (QED) is 0.921. The molecule has 2 aliphatic rings. The van der Waals surface area contributed by atoms with Crippen molar-refractivity contribution in [2.45, 2.75) is 37.9 Å². The van der Waals surface area contributed by atoms with Crippen LogP contribution in [0.5, 0.6) is 0 Å². The molecule has 5 heteroatoms. The van der Waals surface area contributed by atoms with Crippen molar-refractivity contribution >= 4 is 6.09 Å². The first-order chi connectivity index (χ1) is 9.54. The van der Waals surface area contributed by atoms with Gasteiger partial charge in [0.1, 0.15) is 5.82 Å². The summed E-state index contributed by atoms with van der Waals surface area (Å²) in [4.78, 5) is 15.0. The Bertz CT molecular complexity index is 505. The largest absolute Gasteiger partial charge is 0.465 e. The van der Waals surface area contributed by atoms with Crippen LogP contribution in [0.2, 0.25) is 0 Å². The van der Waals surface area contributed by atoms with Crippen LogP contribution in [-0.4, -0.2) is 52.2 Å². The molecular weight excluding hydrogens is 259 g/mol. The number of hydrogen-bond acceptors (Lipinski definition) is 2. The van der Waals surface area contributed by atoms with Crippen molar-refractivity contribution < 1.29 is 14.3 Å². The van der Waals surface area contributed by atoms with Gasteiger partial charge in [0.2, 0.25) is 0 Å². The molecule has 3 rings (SSSR count). The fraction of sp³-hybridized carbons (Fsp3) is 0.533. The van der Waals surface area contributed by atoms with E-state index in [1.54, 1.807) is 4.90 Å². The standard InChI is InChI=1S/C15H19FN2O2/c1-10(6-11-2-4-12(16)5-3-11)17-8-14-7-13(17)9-18(14)15(19)20/h2-5,10,13-14H,6-9H2,1H3,(H,19,20). The zero-order valence-electron chi connectivity index (χ0n) is 11.5. The number of carboxylic acid groups (broad SMARTS) is 1. The molecule has 1 aromatic rings. The van der Waals surface area contributed by atoms with E-state index in [9.17, 15) is 9.18 Å². The lowest BCUT2D eigenvalue weighted by atomic mass is 10.0. The first-order valence-electron chi connectivity index (χ1n) is 7.04. The summed E-state index contributed by atoms with van der Waals surface area (Å²) in [5.74, 6) is -0.210. The molecule has 2 saturated heterocycles. The molecule has 2 heterocycles. The van der Waals surface area contributed by atoms with Gasteiger partial charge in [0, 0.05) is 31.2 Å². The van der Waals surface area contributed by atoms with E-state index in [1.165, 1.54) is 12.1 Å². The number of fused-ring (bicyclic) bond motifs is 2. The Labute approximate surface area is 117 Å². The normalized spacial score (nSPS) is 27.0. The average Bonchev–Trinajstić information content (AvgIpc) is 3.01. The number of likely N-dealkylation sites (tertiary alicyclic amines) is 2. The van der Waals surface area contributed by atoms with Gasteiger partial charge in [0.15, 0.2) is 0 Å². The topological polar surface area (TPSA) is 43.8 Å². The Morgan fingerprint density at radius 3 is 2.60 bits per heavy atom. The minimum absolute atomic E-state index is 0.146. The predicted octanol–water partition coefficient (Wildman–Crippen LogP) is 2.19. The van der Waals surface area contributed by atoms with E-state index >= 15 is 0 Å². The number of halogens is 1. The Morgan fingerprint density at radius 2 is 2.05 bits per heavy atom. The molecule has 0 radical (unpaired) electrons. The number of nitrogens with zero attached hydrogens (tertiary/aromatic N) is 2. The van der Waals surface area contributed by atoms with Crippen molar-refractivity contribution in [3.63, 3.8) is 0 Å². The second-order valence-electron chi connectivity index (χ2n) is 5.85. The maximum atomic E-state index is 12.9. The second-order valence-corrected chi connectivity index (χ2v) is 5.85. The van der Waals surface area contributed by atoms with Crippen LogP contribution >= 0.6 is 0 Å². The first kappa shape index (κ1) is 13.4. The summed E-state index contributed by atoms with van der Waals surface area (Å²) in [6, 6.07) is 7.47. The van der Waals surface area contributed by atoms with Crippen molar-refractivity contribution in [2.24, 2.45) is 0 Å². The van der Waals surface area contributed by atoms with Gasteiger partial charge in [-0.1, -0.05) is 12.1 Å². The summed E-state index contributed by atoms with van der Waals surface area (Å²) in [5, 5.41) is 9.09. The molecule has 0 aromatic heterocycles. The maximum Gasteiger partial charge on any atom is 0.407 e. The van der Waals surface area contributed by atoms with Gasteiger partial charge in [-0.2, -0.15) is 0 Å². The number of rotatable bonds is 3. The Balaban J connectivity index is 1.61. The van der Waals surface area contributed by atoms with E-state index in [1.807, 2.05) is 12.1 Å². The van der Waals surface area contributed by atoms with Crippen molar-refractivity contribution in [1.82, 2.24) is 9.80 Å². The number of piperazine rings is 1. The summed E-state index contributed by atoms with van der Waals surface area (Å²) in [7, 11) is 0. The monoisotopic (exact) mass is 278 g/mol. The van der Waals surface area contributed by atoms with Gasteiger partial charge in [-0.3, -0.25) is 4.90 Å². The van der Waals surface area contributed by atoms with Gasteiger partial charge in [0.25, 0.3) is 0 Å². The average molecular weight is 278 g/mol. The van der Waals surface area contributed by atoms with E-state index in [-0.39, 0.29) is 11.9 Å². The molecule has 4 nitrogen and oxygen atoms in total. The van der Waals surface area contributed by atoms with Crippen molar-refractivity contribution in [3.8, 4) is 0 Å². The molecule has 108 valence electrons. The van der Waals surface area contributed by atoms with E-state index in [2.05, 4.69) is 11.8 Å². The third-order valence-electron chi connectivity index (χ3n) is 4.54. The van der Waals surface area contributed by atoms with Crippen LogP contribution in [0.25, 0.3) is 0 Å². The number of hydrogen-bond donors (Lipinski definition) is 1. The van der Waals surface area contributed by atoms with Gasteiger partial charge in [0.05, 0.1) is 0 Å². The predicted molar refractivity (Wildman–Crippen MR) is 73.2 cm³/mol. The molecule has 3 atom stereocenters. The molecule has 1 aromatic carbocycles. The van der Waals surface area contributed by atoms with Crippen LogP contribution < -0.4 is 0 Å². The van der Waals surface area contributed by atoms with Crippen LogP contribution in [0, 0.1) is 5.82 Å². The van der Waals surface area contributed by atoms with Gasteiger partial charge in [-0.25, -0.2) is 9.18 Å². The lowest BCUT2D eigenvalue weighted by molar-refractivity contribution is 0.0861. The molecule has 0 saturated carbocycles. The molecule has 2 fully saturated rings. The third kappa shape index (κ3) is 2.38. The van der Waals surface area contributed by atoms with Crippen LogP contribution in [-0.2, 0) is 6.42 Å².